The summed E-state index contributed by atoms with van der Waals surface area (Å²) in [4.78, 5) is 14.7. The minimum atomic E-state index is -0.383. The summed E-state index contributed by atoms with van der Waals surface area (Å²) >= 11 is 0. The van der Waals surface area contributed by atoms with Crippen LogP contribution in [0.25, 0.3) is 11.1 Å². The highest BCUT2D eigenvalue weighted by Gasteiger charge is 2.14. The number of nitrogens with zero attached hydrogens (tertiary/aromatic N) is 1. The normalized spacial score (nSPS) is 10.3. The first-order valence-corrected chi connectivity index (χ1v) is 8.00. The summed E-state index contributed by atoms with van der Waals surface area (Å²) in [7, 11) is 0. The van der Waals surface area contributed by atoms with Crippen molar-refractivity contribution < 1.29 is 4.74 Å². The van der Waals surface area contributed by atoms with Crippen LogP contribution in [0.15, 0.2) is 59.4 Å². The molecule has 0 atom stereocenters. The highest BCUT2D eigenvalue weighted by Crippen LogP contribution is 2.31. The van der Waals surface area contributed by atoms with Crippen molar-refractivity contribution in [3.63, 3.8) is 0 Å². The van der Waals surface area contributed by atoms with E-state index in [9.17, 15) is 10.1 Å². The van der Waals surface area contributed by atoms with Gasteiger partial charge in [-0.05, 0) is 31.5 Å². The van der Waals surface area contributed by atoms with Crippen LogP contribution in [0.3, 0.4) is 0 Å². The van der Waals surface area contributed by atoms with Gasteiger partial charge in [-0.15, -0.1) is 0 Å². The maximum Gasteiger partial charge on any atom is 0.266 e. The van der Waals surface area contributed by atoms with E-state index in [2.05, 4.69) is 4.98 Å². The standard InChI is InChI=1S/C21H18N2O2/c1-14-7-9-16(10-8-14)13-25-20-6-4-3-5-17(20)18-11-15(2)23-21(24)19(18)12-22/h3-11H,13H2,1-2H3,(H,23,24). The third kappa shape index (κ3) is 3.61. The van der Waals surface area contributed by atoms with E-state index in [4.69, 9.17) is 4.74 Å². The van der Waals surface area contributed by atoms with Crippen LogP contribution < -0.4 is 10.3 Å². The summed E-state index contributed by atoms with van der Waals surface area (Å²) in [6.07, 6.45) is 0. The number of nitrogens with one attached hydrogen (secondary N) is 1. The lowest BCUT2D eigenvalue weighted by molar-refractivity contribution is 0.307. The van der Waals surface area contributed by atoms with Crippen LogP contribution in [0.5, 0.6) is 5.75 Å². The van der Waals surface area contributed by atoms with Gasteiger partial charge in [0.25, 0.3) is 5.56 Å². The average molecular weight is 330 g/mol. The summed E-state index contributed by atoms with van der Waals surface area (Å²) < 4.78 is 5.98. The van der Waals surface area contributed by atoms with E-state index in [1.165, 1.54) is 5.56 Å². The third-order valence-corrected chi connectivity index (χ3v) is 3.97. The van der Waals surface area contributed by atoms with E-state index >= 15 is 0 Å². The Morgan fingerprint density at radius 2 is 1.76 bits per heavy atom. The zero-order chi connectivity index (χ0) is 17.8. The molecule has 124 valence electrons. The van der Waals surface area contributed by atoms with Crippen LogP contribution in [0.4, 0.5) is 0 Å². The monoisotopic (exact) mass is 330 g/mol. The Balaban J connectivity index is 1.98. The molecule has 1 aromatic heterocycles. The van der Waals surface area contributed by atoms with Gasteiger partial charge >= 0.3 is 0 Å². The molecule has 0 saturated heterocycles. The van der Waals surface area contributed by atoms with Gasteiger partial charge in [-0.1, -0.05) is 48.0 Å². The second-order valence-electron chi connectivity index (χ2n) is 5.95. The predicted molar refractivity (Wildman–Crippen MR) is 97.5 cm³/mol. The Kier molecular flexibility index (Phi) is 4.67. The molecule has 2 aromatic carbocycles. The zero-order valence-electron chi connectivity index (χ0n) is 14.2. The molecule has 0 radical (unpaired) electrons. The zero-order valence-corrected chi connectivity index (χ0v) is 14.2. The highest BCUT2D eigenvalue weighted by atomic mass is 16.5. The molecule has 3 rings (SSSR count). The molecule has 0 aliphatic rings. The van der Waals surface area contributed by atoms with Gasteiger partial charge in [0.2, 0.25) is 0 Å². The van der Waals surface area contributed by atoms with Crippen LogP contribution in [0.1, 0.15) is 22.4 Å². The Bertz CT molecular complexity index is 996. The first kappa shape index (κ1) is 16.5. The quantitative estimate of drug-likeness (QED) is 0.783. The minimum Gasteiger partial charge on any atom is -0.488 e. The molecule has 4 heteroatoms. The van der Waals surface area contributed by atoms with Gasteiger partial charge in [-0.3, -0.25) is 4.79 Å². The van der Waals surface area contributed by atoms with Crippen LogP contribution >= 0.6 is 0 Å². The van der Waals surface area contributed by atoms with E-state index in [1.807, 2.05) is 61.5 Å². The number of H-pyrrole nitrogens is 1. The number of aryl methyl sites for hydroxylation is 2. The molecule has 4 nitrogen and oxygen atoms in total. The second kappa shape index (κ2) is 7.06. The van der Waals surface area contributed by atoms with E-state index in [1.54, 1.807) is 13.0 Å². The molecular weight excluding hydrogens is 312 g/mol. The van der Waals surface area contributed by atoms with Crippen LogP contribution in [-0.4, -0.2) is 4.98 Å². The fraction of sp³-hybridized carbons (Fsp3) is 0.143. The molecule has 0 spiro atoms. The molecule has 0 aliphatic carbocycles. The Hall–Kier alpha value is -3.32. The predicted octanol–water partition coefficient (Wildman–Crippen LogP) is 4.11. The molecule has 3 aromatic rings. The number of rotatable bonds is 4. The maximum atomic E-state index is 12.1. The summed E-state index contributed by atoms with van der Waals surface area (Å²) in [6.45, 7) is 4.25. The van der Waals surface area contributed by atoms with Crippen molar-refractivity contribution in [3.05, 3.63) is 87.3 Å². The van der Waals surface area contributed by atoms with Crippen LogP contribution in [-0.2, 0) is 6.61 Å². The number of aromatic amines is 1. The van der Waals surface area contributed by atoms with Gasteiger partial charge in [0.1, 0.15) is 24.0 Å². The van der Waals surface area contributed by atoms with Crippen molar-refractivity contribution in [2.75, 3.05) is 0 Å². The van der Waals surface area contributed by atoms with Gasteiger partial charge in [0.05, 0.1) is 0 Å². The van der Waals surface area contributed by atoms with Gasteiger partial charge in [-0.2, -0.15) is 5.26 Å². The van der Waals surface area contributed by atoms with Crippen LogP contribution in [0.2, 0.25) is 0 Å². The lowest BCUT2D eigenvalue weighted by Gasteiger charge is -2.13. The van der Waals surface area contributed by atoms with Crippen molar-refractivity contribution in [2.45, 2.75) is 20.5 Å². The van der Waals surface area contributed by atoms with E-state index in [0.29, 0.717) is 23.6 Å². The number of hydrogen-bond donors (Lipinski definition) is 1. The molecule has 0 bridgehead atoms. The van der Waals surface area contributed by atoms with E-state index in [-0.39, 0.29) is 11.1 Å². The van der Waals surface area contributed by atoms with Gasteiger partial charge < -0.3 is 9.72 Å². The molecule has 25 heavy (non-hydrogen) atoms. The fourth-order valence-electron chi connectivity index (χ4n) is 2.67. The number of ether oxygens (including phenoxy) is 1. The summed E-state index contributed by atoms with van der Waals surface area (Å²) in [5.74, 6) is 0.643. The number of nitriles is 1. The minimum absolute atomic E-state index is 0.0944. The largest absolute Gasteiger partial charge is 0.488 e. The smallest absolute Gasteiger partial charge is 0.266 e. The van der Waals surface area contributed by atoms with Gasteiger partial charge in [-0.25, -0.2) is 0 Å². The molecular formula is C21H18N2O2. The summed E-state index contributed by atoms with van der Waals surface area (Å²) in [6, 6.07) is 19.4. The van der Waals surface area contributed by atoms with Crippen molar-refractivity contribution >= 4 is 0 Å². The van der Waals surface area contributed by atoms with Crippen molar-refractivity contribution in [3.8, 4) is 22.9 Å². The van der Waals surface area contributed by atoms with Gasteiger partial charge in [0.15, 0.2) is 0 Å². The molecule has 0 amide bonds. The molecule has 1 N–H and O–H groups in total. The van der Waals surface area contributed by atoms with E-state index < -0.39 is 0 Å². The lowest BCUT2D eigenvalue weighted by Crippen LogP contribution is -2.13. The average Bonchev–Trinajstić information content (AvgIpc) is 2.61. The Morgan fingerprint density at radius 3 is 2.48 bits per heavy atom. The Labute approximate surface area is 146 Å². The number of hydrogen-bond acceptors (Lipinski definition) is 3. The molecule has 0 saturated carbocycles. The maximum absolute atomic E-state index is 12.1. The first-order chi connectivity index (χ1) is 12.1. The molecule has 0 aliphatic heterocycles. The topological polar surface area (TPSA) is 65.9 Å². The molecule has 0 fully saturated rings. The third-order valence-electron chi connectivity index (χ3n) is 3.97. The number of benzene rings is 2. The fourth-order valence-corrected chi connectivity index (χ4v) is 2.67. The first-order valence-electron chi connectivity index (χ1n) is 8.00. The SMILES string of the molecule is Cc1ccc(COc2ccccc2-c2cc(C)[nH]c(=O)c2C#N)cc1. The molecule has 0 unspecified atom stereocenters. The van der Waals surface area contributed by atoms with Gasteiger partial charge in [0, 0.05) is 16.8 Å². The summed E-state index contributed by atoms with van der Waals surface area (Å²) in [5.41, 5.74) is 3.99. The van der Waals surface area contributed by atoms with Crippen molar-refractivity contribution in [2.24, 2.45) is 0 Å². The van der Waals surface area contributed by atoms with Crippen LogP contribution in [0, 0.1) is 25.2 Å². The second-order valence-corrected chi connectivity index (χ2v) is 5.95. The number of aromatic nitrogens is 1. The van der Waals surface area contributed by atoms with Crippen molar-refractivity contribution in [1.82, 2.24) is 4.98 Å². The van der Waals surface area contributed by atoms with E-state index in [0.717, 1.165) is 11.1 Å². The highest BCUT2D eigenvalue weighted by molar-refractivity contribution is 5.75. The summed E-state index contributed by atoms with van der Waals surface area (Å²) in [5, 5.41) is 9.37. The number of pyridine rings is 1. The number of para-hydroxylation sites is 1. The van der Waals surface area contributed by atoms with Crippen molar-refractivity contribution in [1.29, 1.82) is 5.26 Å². The lowest BCUT2D eigenvalue weighted by atomic mass is 10.00. The Morgan fingerprint density at radius 1 is 1.04 bits per heavy atom. The molecule has 1 heterocycles.